The van der Waals surface area contributed by atoms with Crippen LogP contribution in [0.25, 0.3) is 27.5 Å². The van der Waals surface area contributed by atoms with E-state index in [0.717, 1.165) is 39.1 Å². The van der Waals surface area contributed by atoms with Crippen LogP contribution in [0.1, 0.15) is 16.7 Å². The highest BCUT2D eigenvalue weighted by Crippen LogP contribution is 2.52. The van der Waals surface area contributed by atoms with Gasteiger partial charge in [0, 0.05) is 10.9 Å². The van der Waals surface area contributed by atoms with Crippen LogP contribution in [0.15, 0.2) is 54.6 Å². The molecule has 3 aromatic rings. The van der Waals surface area contributed by atoms with E-state index in [9.17, 15) is 13.2 Å². The molecule has 0 fully saturated rings. The Morgan fingerprint density at radius 1 is 0.840 bits per heavy atom. The van der Waals surface area contributed by atoms with Gasteiger partial charge in [0.2, 0.25) is 0 Å². The van der Waals surface area contributed by atoms with Crippen molar-refractivity contribution in [2.75, 3.05) is 6.61 Å². The summed E-state index contributed by atoms with van der Waals surface area (Å²) in [7, 11) is 0. The highest BCUT2D eigenvalue weighted by molar-refractivity contribution is 6.08. The number of hydrogen-bond acceptors (Lipinski definition) is 1. The van der Waals surface area contributed by atoms with Gasteiger partial charge in [-0.05, 0) is 40.1 Å². The minimum Gasteiger partial charge on any atom is -0.488 e. The van der Waals surface area contributed by atoms with Gasteiger partial charge >= 0.3 is 6.18 Å². The molecule has 1 nitrogen and oxygen atoms in total. The standard InChI is InChI=1S/C21H13F3O/c22-21(23,24)17-9-10-25-20-15-8-4-3-7-14(15)18-13-6-2-1-5-12(13)11-16(18)19(17)20/h1-9H,10-11H2. The quantitative estimate of drug-likeness (QED) is 0.397. The SMILES string of the molecule is FC(F)(F)C1=CCOc2c1c1c(c3ccccc23)-c2ccccc2C1. The van der Waals surface area contributed by atoms with Gasteiger partial charge in [-0.1, -0.05) is 48.5 Å². The molecule has 2 aliphatic rings. The number of fused-ring (bicyclic) bond motifs is 8. The first kappa shape index (κ1) is 14.6. The van der Waals surface area contributed by atoms with Crippen LogP contribution in [0, 0.1) is 0 Å². The fourth-order valence-electron chi connectivity index (χ4n) is 4.05. The predicted molar refractivity (Wildman–Crippen MR) is 91.7 cm³/mol. The number of allylic oxidation sites excluding steroid dienone is 1. The van der Waals surface area contributed by atoms with Gasteiger partial charge in [0.1, 0.15) is 12.4 Å². The molecule has 25 heavy (non-hydrogen) atoms. The first-order valence-electron chi connectivity index (χ1n) is 8.12. The predicted octanol–water partition coefficient (Wildman–Crippen LogP) is 5.75. The minimum absolute atomic E-state index is 0.0580. The molecule has 4 heteroatoms. The van der Waals surface area contributed by atoms with E-state index < -0.39 is 11.7 Å². The lowest BCUT2D eigenvalue weighted by Gasteiger charge is -2.25. The summed E-state index contributed by atoms with van der Waals surface area (Å²) in [5.41, 5.74) is 3.34. The Balaban J connectivity index is 1.95. The van der Waals surface area contributed by atoms with Crippen molar-refractivity contribution in [2.24, 2.45) is 0 Å². The molecule has 0 saturated carbocycles. The smallest absolute Gasteiger partial charge is 0.416 e. The van der Waals surface area contributed by atoms with E-state index in [1.807, 2.05) is 48.5 Å². The molecule has 1 aliphatic heterocycles. The molecule has 1 heterocycles. The Morgan fingerprint density at radius 3 is 2.36 bits per heavy atom. The van der Waals surface area contributed by atoms with Crippen molar-refractivity contribution < 1.29 is 17.9 Å². The third-order valence-electron chi connectivity index (χ3n) is 5.02. The van der Waals surface area contributed by atoms with Gasteiger partial charge in [-0.25, -0.2) is 0 Å². The summed E-state index contributed by atoms with van der Waals surface area (Å²) >= 11 is 0. The highest BCUT2D eigenvalue weighted by Gasteiger charge is 2.41. The van der Waals surface area contributed by atoms with E-state index in [0.29, 0.717) is 12.2 Å². The van der Waals surface area contributed by atoms with Crippen LogP contribution >= 0.6 is 0 Å². The van der Waals surface area contributed by atoms with Gasteiger partial charge in [0.05, 0.1) is 5.57 Å². The number of rotatable bonds is 0. The maximum atomic E-state index is 13.7. The maximum Gasteiger partial charge on any atom is 0.416 e. The molecule has 0 amide bonds. The van der Waals surface area contributed by atoms with Gasteiger partial charge in [0.15, 0.2) is 0 Å². The van der Waals surface area contributed by atoms with Crippen LogP contribution in [-0.2, 0) is 6.42 Å². The molecule has 0 radical (unpaired) electrons. The van der Waals surface area contributed by atoms with Crippen molar-refractivity contribution in [3.63, 3.8) is 0 Å². The summed E-state index contributed by atoms with van der Waals surface area (Å²) in [6.07, 6.45) is -2.75. The summed E-state index contributed by atoms with van der Waals surface area (Å²) in [6.45, 7) is -0.0580. The second-order valence-electron chi connectivity index (χ2n) is 6.36. The third-order valence-corrected chi connectivity index (χ3v) is 5.02. The largest absolute Gasteiger partial charge is 0.488 e. The fourth-order valence-corrected chi connectivity index (χ4v) is 4.05. The summed E-state index contributed by atoms with van der Waals surface area (Å²) in [6, 6.07) is 15.4. The Kier molecular flexibility index (Phi) is 2.85. The zero-order valence-corrected chi connectivity index (χ0v) is 13.2. The average Bonchev–Trinajstić information content (AvgIpc) is 3.00. The summed E-state index contributed by atoms with van der Waals surface area (Å²) < 4.78 is 46.8. The van der Waals surface area contributed by atoms with Crippen LogP contribution < -0.4 is 4.74 Å². The lowest BCUT2D eigenvalue weighted by atomic mass is 9.88. The monoisotopic (exact) mass is 338 g/mol. The van der Waals surface area contributed by atoms with E-state index >= 15 is 0 Å². The summed E-state index contributed by atoms with van der Waals surface area (Å²) in [5, 5.41) is 1.69. The number of hydrogen-bond donors (Lipinski definition) is 0. The molecule has 0 atom stereocenters. The second kappa shape index (κ2) is 4.88. The van der Waals surface area contributed by atoms with Crippen molar-refractivity contribution >= 4 is 16.3 Å². The molecular weight excluding hydrogens is 325 g/mol. The van der Waals surface area contributed by atoms with Crippen LogP contribution in [-0.4, -0.2) is 12.8 Å². The molecule has 0 saturated heterocycles. The number of benzene rings is 3. The Hall–Kier alpha value is -2.75. The van der Waals surface area contributed by atoms with Crippen LogP contribution in [0.4, 0.5) is 13.2 Å². The van der Waals surface area contributed by atoms with Crippen molar-refractivity contribution in [1.29, 1.82) is 0 Å². The zero-order chi connectivity index (χ0) is 17.2. The van der Waals surface area contributed by atoms with Crippen molar-refractivity contribution in [3.8, 4) is 16.9 Å². The molecule has 5 rings (SSSR count). The molecule has 3 aromatic carbocycles. The van der Waals surface area contributed by atoms with Crippen molar-refractivity contribution in [3.05, 3.63) is 71.3 Å². The topological polar surface area (TPSA) is 9.23 Å². The van der Waals surface area contributed by atoms with E-state index in [-0.39, 0.29) is 12.2 Å². The highest BCUT2D eigenvalue weighted by atomic mass is 19.4. The molecule has 0 unspecified atom stereocenters. The Bertz CT molecular complexity index is 1060. The molecule has 0 N–H and O–H groups in total. The maximum absolute atomic E-state index is 13.7. The van der Waals surface area contributed by atoms with Crippen LogP contribution in [0.3, 0.4) is 0 Å². The number of halogens is 3. The minimum atomic E-state index is -4.40. The molecule has 124 valence electrons. The number of alkyl halides is 3. The summed E-state index contributed by atoms with van der Waals surface area (Å²) in [4.78, 5) is 0. The average molecular weight is 338 g/mol. The molecular formula is C21H13F3O. The lowest BCUT2D eigenvalue weighted by molar-refractivity contribution is -0.0697. The molecule has 1 aliphatic carbocycles. The Morgan fingerprint density at radius 2 is 1.56 bits per heavy atom. The van der Waals surface area contributed by atoms with Gasteiger partial charge in [-0.2, -0.15) is 13.2 Å². The van der Waals surface area contributed by atoms with E-state index in [1.54, 1.807) is 0 Å². The zero-order valence-electron chi connectivity index (χ0n) is 13.2. The van der Waals surface area contributed by atoms with Gasteiger partial charge in [-0.3, -0.25) is 0 Å². The van der Waals surface area contributed by atoms with E-state index in [1.165, 1.54) is 0 Å². The number of ether oxygens (including phenoxy) is 1. The van der Waals surface area contributed by atoms with E-state index in [2.05, 4.69) is 0 Å². The fraction of sp³-hybridized carbons (Fsp3) is 0.143. The van der Waals surface area contributed by atoms with Crippen LogP contribution in [0.2, 0.25) is 0 Å². The van der Waals surface area contributed by atoms with E-state index in [4.69, 9.17) is 4.74 Å². The van der Waals surface area contributed by atoms with Gasteiger partial charge in [-0.15, -0.1) is 0 Å². The molecule has 0 aromatic heterocycles. The third kappa shape index (κ3) is 1.97. The lowest BCUT2D eigenvalue weighted by Crippen LogP contribution is -2.18. The van der Waals surface area contributed by atoms with Gasteiger partial charge < -0.3 is 4.74 Å². The van der Waals surface area contributed by atoms with Gasteiger partial charge in [0.25, 0.3) is 0 Å². The Labute approximate surface area is 142 Å². The molecule has 0 bridgehead atoms. The second-order valence-corrected chi connectivity index (χ2v) is 6.36. The normalized spacial score (nSPS) is 15.2. The molecule has 0 spiro atoms. The van der Waals surface area contributed by atoms with Crippen molar-refractivity contribution in [1.82, 2.24) is 0 Å². The summed E-state index contributed by atoms with van der Waals surface area (Å²) in [5.74, 6) is 0.358. The first-order valence-corrected chi connectivity index (χ1v) is 8.12. The first-order chi connectivity index (χ1) is 12.1. The van der Waals surface area contributed by atoms with Crippen LogP contribution in [0.5, 0.6) is 5.75 Å². The van der Waals surface area contributed by atoms with Crippen molar-refractivity contribution in [2.45, 2.75) is 12.6 Å².